The van der Waals surface area contributed by atoms with E-state index in [9.17, 15) is 4.79 Å². The topological polar surface area (TPSA) is 17.1 Å². The summed E-state index contributed by atoms with van der Waals surface area (Å²) in [5.74, 6) is 1.30. The number of carbonyl (C=O) groups is 1. The van der Waals surface area contributed by atoms with Gasteiger partial charge in [-0.15, -0.1) is 11.8 Å². The van der Waals surface area contributed by atoms with Crippen LogP contribution in [-0.4, -0.2) is 11.5 Å². The van der Waals surface area contributed by atoms with Crippen LogP contribution < -0.4 is 0 Å². The van der Waals surface area contributed by atoms with E-state index in [-0.39, 0.29) is 11.7 Å². The van der Waals surface area contributed by atoms with E-state index in [2.05, 4.69) is 12.1 Å². The van der Waals surface area contributed by atoms with E-state index in [1.54, 1.807) is 0 Å². The summed E-state index contributed by atoms with van der Waals surface area (Å²) in [5, 5.41) is 0. The van der Waals surface area contributed by atoms with Crippen LogP contribution in [0.4, 0.5) is 0 Å². The van der Waals surface area contributed by atoms with Gasteiger partial charge in [0.25, 0.3) is 0 Å². The van der Waals surface area contributed by atoms with E-state index in [4.69, 9.17) is 0 Å². The lowest BCUT2D eigenvalue weighted by atomic mass is 9.97. The Balaban J connectivity index is 1.82. The Kier molecular flexibility index (Phi) is 5.22. The number of ketones is 1. The van der Waals surface area contributed by atoms with Crippen molar-refractivity contribution in [2.75, 3.05) is 5.75 Å². The first-order valence-corrected chi connectivity index (χ1v) is 7.53. The lowest BCUT2D eigenvalue weighted by Gasteiger charge is -2.10. The van der Waals surface area contributed by atoms with Gasteiger partial charge >= 0.3 is 0 Å². The molecule has 2 aromatic rings. The molecule has 0 N–H and O–H groups in total. The maximum Gasteiger partial charge on any atom is 0.165 e. The molecule has 19 heavy (non-hydrogen) atoms. The van der Waals surface area contributed by atoms with E-state index in [1.165, 1.54) is 4.90 Å². The minimum atomic E-state index is 0.0820. The van der Waals surface area contributed by atoms with E-state index >= 15 is 0 Å². The van der Waals surface area contributed by atoms with Crippen molar-refractivity contribution in [1.29, 1.82) is 0 Å². The standard InChI is InChI=1S/C17H18OS/c1-14(17(18)15-8-4-2-5-9-15)12-13-19-16-10-6-3-7-11-16/h2-11,14H,12-13H2,1H3. The third-order valence-corrected chi connectivity index (χ3v) is 4.11. The van der Waals surface area contributed by atoms with Crippen LogP contribution in [0.15, 0.2) is 65.6 Å². The fraction of sp³-hybridized carbons (Fsp3) is 0.235. The van der Waals surface area contributed by atoms with E-state index in [0.29, 0.717) is 0 Å². The van der Waals surface area contributed by atoms with E-state index in [0.717, 1.165) is 17.7 Å². The van der Waals surface area contributed by atoms with Crippen molar-refractivity contribution in [2.45, 2.75) is 18.2 Å². The molecule has 98 valence electrons. The number of carbonyl (C=O) groups excluding carboxylic acids is 1. The second kappa shape index (κ2) is 7.15. The van der Waals surface area contributed by atoms with E-state index in [1.807, 2.05) is 67.2 Å². The zero-order valence-electron chi connectivity index (χ0n) is 11.1. The van der Waals surface area contributed by atoms with Crippen molar-refractivity contribution < 1.29 is 4.79 Å². The summed E-state index contributed by atoms with van der Waals surface area (Å²) < 4.78 is 0. The van der Waals surface area contributed by atoms with Gasteiger partial charge in [0.1, 0.15) is 0 Å². The van der Waals surface area contributed by atoms with Gasteiger partial charge in [-0.3, -0.25) is 4.79 Å². The van der Waals surface area contributed by atoms with Crippen LogP contribution in [0.3, 0.4) is 0 Å². The molecule has 0 saturated heterocycles. The smallest absolute Gasteiger partial charge is 0.165 e. The maximum absolute atomic E-state index is 12.2. The number of Topliss-reactive ketones (excluding diaryl/α,β-unsaturated/α-hetero) is 1. The fourth-order valence-corrected chi connectivity index (χ4v) is 2.94. The van der Waals surface area contributed by atoms with Crippen molar-refractivity contribution in [2.24, 2.45) is 5.92 Å². The molecule has 1 unspecified atom stereocenters. The summed E-state index contributed by atoms with van der Waals surface area (Å²) in [6.45, 7) is 2.01. The third-order valence-electron chi connectivity index (χ3n) is 3.07. The van der Waals surface area contributed by atoms with Crippen molar-refractivity contribution in [3.05, 3.63) is 66.2 Å². The zero-order chi connectivity index (χ0) is 13.5. The lowest BCUT2D eigenvalue weighted by Crippen LogP contribution is -2.11. The first-order chi connectivity index (χ1) is 9.27. The molecule has 0 aliphatic carbocycles. The van der Waals surface area contributed by atoms with Gasteiger partial charge in [0.05, 0.1) is 0 Å². The summed E-state index contributed by atoms with van der Waals surface area (Å²) in [6, 6.07) is 19.9. The van der Waals surface area contributed by atoms with Crippen LogP contribution in [0.2, 0.25) is 0 Å². The molecule has 2 heteroatoms. The highest BCUT2D eigenvalue weighted by molar-refractivity contribution is 7.99. The van der Waals surface area contributed by atoms with Gasteiger partial charge in [-0.25, -0.2) is 0 Å². The maximum atomic E-state index is 12.2. The summed E-state index contributed by atoms with van der Waals surface area (Å²) in [7, 11) is 0. The summed E-state index contributed by atoms with van der Waals surface area (Å²) in [5.41, 5.74) is 0.819. The molecule has 0 spiro atoms. The molecule has 0 aliphatic rings. The lowest BCUT2D eigenvalue weighted by molar-refractivity contribution is 0.0928. The van der Waals surface area contributed by atoms with Crippen molar-refractivity contribution >= 4 is 17.5 Å². The first-order valence-electron chi connectivity index (χ1n) is 6.54. The number of thioether (sulfide) groups is 1. The van der Waals surface area contributed by atoms with Crippen molar-refractivity contribution in [3.63, 3.8) is 0 Å². The van der Waals surface area contributed by atoms with Gasteiger partial charge in [-0.1, -0.05) is 55.5 Å². The van der Waals surface area contributed by atoms with E-state index < -0.39 is 0 Å². The Hall–Kier alpha value is -1.54. The van der Waals surface area contributed by atoms with Gasteiger partial charge in [0.15, 0.2) is 5.78 Å². The normalized spacial score (nSPS) is 12.1. The number of hydrogen-bond acceptors (Lipinski definition) is 2. The average molecular weight is 270 g/mol. The minimum Gasteiger partial charge on any atom is -0.294 e. The van der Waals surface area contributed by atoms with Crippen LogP contribution >= 0.6 is 11.8 Å². The molecule has 0 fully saturated rings. The average Bonchev–Trinajstić information content (AvgIpc) is 2.48. The number of rotatable bonds is 6. The molecule has 1 atom stereocenters. The Bertz CT molecular complexity index is 507. The predicted molar refractivity (Wildman–Crippen MR) is 81.7 cm³/mol. The molecule has 0 aromatic heterocycles. The Morgan fingerprint density at radius 2 is 1.58 bits per heavy atom. The summed E-state index contributed by atoms with van der Waals surface area (Å²) >= 11 is 1.81. The molecule has 1 nitrogen and oxygen atoms in total. The number of benzene rings is 2. The Morgan fingerprint density at radius 1 is 1.00 bits per heavy atom. The molecular weight excluding hydrogens is 252 g/mol. The van der Waals surface area contributed by atoms with Gasteiger partial charge in [-0.05, 0) is 24.3 Å². The van der Waals surface area contributed by atoms with Gasteiger partial charge in [-0.2, -0.15) is 0 Å². The van der Waals surface area contributed by atoms with Crippen LogP contribution in [0, 0.1) is 5.92 Å². The molecule has 0 amide bonds. The molecule has 2 rings (SSSR count). The van der Waals surface area contributed by atoms with Crippen LogP contribution in [0.25, 0.3) is 0 Å². The fourth-order valence-electron chi connectivity index (χ4n) is 1.89. The summed E-state index contributed by atoms with van der Waals surface area (Å²) in [6.07, 6.45) is 0.910. The molecule has 0 heterocycles. The minimum absolute atomic E-state index is 0.0820. The molecule has 0 radical (unpaired) electrons. The van der Waals surface area contributed by atoms with Crippen LogP contribution in [-0.2, 0) is 0 Å². The first kappa shape index (κ1) is 13.9. The van der Waals surface area contributed by atoms with Crippen molar-refractivity contribution in [1.82, 2.24) is 0 Å². The highest BCUT2D eigenvalue weighted by Gasteiger charge is 2.14. The second-order valence-corrected chi connectivity index (χ2v) is 5.75. The Morgan fingerprint density at radius 3 is 2.21 bits per heavy atom. The molecule has 2 aromatic carbocycles. The quantitative estimate of drug-likeness (QED) is 0.559. The Labute approximate surface area is 119 Å². The second-order valence-electron chi connectivity index (χ2n) is 4.58. The molecule has 0 aliphatic heterocycles. The highest BCUT2D eigenvalue weighted by Crippen LogP contribution is 2.21. The number of hydrogen-bond donors (Lipinski definition) is 0. The highest BCUT2D eigenvalue weighted by atomic mass is 32.2. The van der Waals surface area contributed by atoms with Gasteiger partial charge in [0, 0.05) is 16.4 Å². The largest absolute Gasteiger partial charge is 0.294 e. The van der Waals surface area contributed by atoms with Crippen LogP contribution in [0.5, 0.6) is 0 Å². The van der Waals surface area contributed by atoms with Gasteiger partial charge < -0.3 is 0 Å². The molecule has 0 saturated carbocycles. The molecule has 0 bridgehead atoms. The predicted octanol–water partition coefficient (Wildman–Crippen LogP) is 4.69. The third kappa shape index (κ3) is 4.25. The SMILES string of the molecule is CC(CCSc1ccccc1)C(=O)c1ccccc1. The van der Waals surface area contributed by atoms with Gasteiger partial charge in [0.2, 0.25) is 0 Å². The molecular formula is C17H18OS. The van der Waals surface area contributed by atoms with Crippen molar-refractivity contribution in [3.8, 4) is 0 Å². The van der Waals surface area contributed by atoms with Crippen LogP contribution in [0.1, 0.15) is 23.7 Å². The monoisotopic (exact) mass is 270 g/mol. The summed E-state index contributed by atoms with van der Waals surface area (Å²) in [4.78, 5) is 13.4. The zero-order valence-corrected chi connectivity index (χ0v) is 11.9.